The Bertz CT molecular complexity index is 1050. The van der Waals surface area contributed by atoms with Gasteiger partial charge in [-0.15, -0.1) is 22.7 Å². The lowest BCUT2D eigenvalue weighted by atomic mass is 9.97. The molecule has 0 radical (unpaired) electrons. The zero-order valence-corrected chi connectivity index (χ0v) is 18.2. The molecule has 3 rings (SSSR count). The van der Waals surface area contributed by atoms with Crippen molar-refractivity contribution in [3.63, 3.8) is 0 Å². The van der Waals surface area contributed by atoms with Gasteiger partial charge in [0, 0.05) is 24.0 Å². The maximum atomic E-state index is 14.4. The van der Waals surface area contributed by atoms with Crippen molar-refractivity contribution < 1.29 is 19.4 Å². The molecule has 154 valence electrons. The molecule has 0 fully saturated rings. The van der Waals surface area contributed by atoms with E-state index in [9.17, 15) is 14.3 Å². The fourth-order valence-corrected chi connectivity index (χ4v) is 4.61. The number of hydrogen-bond donors (Lipinski definition) is 3. The number of carboxylic acids is 1. The average molecular weight is 436 g/mol. The summed E-state index contributed by atoms with van der Waals surface area (Å²) in [7, 11) is 0. The predicted molar refractivity (Wildman–Crippen MR) is 113 cm³/mol. The van der Waals surface area contributed by atoms with Crippen LogP contribution in [-0.2, 0) is 6.54 Å². The highest BCUT2D eigenvalue weighted by Crippen LogP contribution is 2.36. The lowest BCUT2D eigenvalue weighted by Gasteiger charge is -2.18. The second-order valence-corrected chi connectivity index (χ2v) is 9.82. The minimum Gasteiger partial charge on any atom is -0.507 e. The first kappa shape index (κ1) is 21.4. The van der Waals surface area contributed by atoms with E-state index in [1.54, 1.807) is 0 Å². The number of thiazole rings is 2. The molecule has 29 heavy (non-hydrogen) atoms. The monoisotopic (exact) mass is 435 g/mol. The Morgan fingerprint density at radius 2 is 2.00 bits per heavy atom. The van der Waals surface area contributed by atoms with Crippen LogP contribution < -0.4 is 5.32 Å². The summed E-state index contributed by atoms with van der Waals surface area (Å²) < 4.78 is 14.4. The number of rotatable bonds is 6. The molecule has 0 saturated carbocycles. The van der Waals surface area contributed by atoms with Gasteiger partial charge in [-0.3, -0.25) is 0 Å². The number of halogens is 1. The standard InChI is InChI=1S/C20H22FN3O3S2/c1-10-17(29-16(23-10)7-22-9-20(2,3)4)14-8-28-18(24-14)11-6-15(25)12(19(26)27)5-13(11)21/h5-6,8,22,25H,7,9H2,1-4H3,(H,26,27). The molecule has 6 nitrogen and oxygen atoms in total. The largest absolute Gasteiger partial charge is 0.507 e. The van der Waals surface area contributed by atoms with Crippen molar-refractivity contribution in [3.05, 3.63) is 39.6 Å². The number of carboxylic acid groups (broad SMARTS) is 1. The second-order valence-electron chi connectivity index (χ2n) is 7.88. The molecule has 0 unspecified atom stereocenters. The lowest BCUT2D eigenvalue weighted by molar-refractivity contribution is 0.0693. The van der Waals surface area contributed by atoms with Crippen LogP contribution in [0.4, 0.5) is 4.39 Å². The van der Waals surface area contributed by atoms with E-state index in [4.69, 9.17) is 5.11 Å². The van der Waals surface area contributed by atoms with Gasteiger partial charge in [-0.25, -0.2) is 19.2 Å². The van der Waals surface area contributed by atoms with Crippen molar-refractivity contribution in [2.24, 2.45) is 5.41 Å². The van der Waals surface area contributed by atoms with Crippen molar-refractivity contribution in [2.75, 3.05) is 6.54 Å². The topological polar surface area (TPSA) is 95.3 Å². The normalized spacial score (nSPS) is 11.8. The van der Waals surface area contributed by atoms with Gasteiger partial charge < -0.3 is 15.5 Å². The Balaban J connectivity index is 1.84. The molecule has 0 saturated heterocycles. The Hall–Kier alpha value is -2.36. The van der Waals surface area contributed by atoms with Crippen LogP contribution in [0.2, 0.25) is 0 Å². The van der Waals surface area contributed by atoms with Crippen LogP contribution in [0.3, 0.4) is 0 Å². The van der Waals surface area contributed by atoms with Gasteiger partial charge in [0.2, 0.25) is 0 Å². The van der Waals surface area contributed by atoms with Crippen molar-refractivity contribution >= 4 is 28.6 Å². The van der Waals surface area contributed by atoms with Gasteiger partial charge in [0.1, 0.15) is 27.1 Å². The molecule has 0 aliphatic heterocycles. The number of aryl methyl sites for hydroxylation is 1. The van der Waals surface area contributed by atoms with Crippen LogP contribution in [-0.4, -0.2) is 32.7 Å². The van der Waals surface area contributed by atoms with Gasteiger partial charge in [-0.1, -0.05) is 20.8 Å². The molecular formula is C20H22FN3O3S2. The third-order valence-electron chi connectivity index (χ3n) is 4.06. The molecule has 0 spiro atoms. The number of aromatic carboxylic acids is 1. The highest BCUT2D eigenvalue weighted by molar-refractivity contribution is 7.16. The molecule has 0 amide bonds. The number of carbonyl (C=O) groups is 1. The molecule has 0 atom stereocenters. The van der Waals surface area contributed by atoms with Gasteiger partial charge in [0.05, 0.1) is 16.3 Å². The molecule has 1 aromatic carbocycles. The number of nitrogens with one attached hydrogen (secondary N) is 1. The highest BCUT2D eigenvalue weighted by atomic mass is 32.1. The third-order valence-corrected chi connectivity index (χ3v) is 6.11. The van der Waals surface area contributed by atoms with Gasteiger partial charge in [-0.05, 0) is 24.5 Å². The predicted octanol–water partition coefficient (Wildman–Crippen LogP) is 4.92. The molecule has 3 aromatic rings. The summed E-state index contributed by atoms with van der Waals surface area (Å²) in [6, 6.07) is 1.91. The number of aromatic hydroxyl groups is 1. The van der Waals surface area contributed by atoms with Crippen molar-refractivity contribution in [2.45, 2.75) is 34.2 Å². The summed E-state index contributed by atoms with van der Waals surface area (Å²) in [5.41, 5.74) is 1.31. The van der Waals surface area contributed by atoms with Crippen molar-refractivity contribution in [1.82, 2.24) is 15.3 Å². The zero-order valence-electron chi connectivity index (χ0n) is 16.5. The maximum Gasteiger partial charge on any atom is 0.339 e. The van der Waals surface area contributed by atoms with E-state index in [2.05, 4.69) is 36.1 Å². The number of nitrogens with zero attached hydrogens (tertiary/aromatic N) is 2. The fourth-order valence-electron chi connectivity index (χ4n) is 2.71. The molecule has 0 bridgehead atoms. The minimum absolute atomic E-state index is 0.0676. The molecule has 0 aliphatic carbocycles. The Labute approximate surface area is 176 Å². The van der Waals surface area contributed by atoms with E-state index in [0.717, 1.165) is 34.3 Å². The van der Waals surface area contributed by atoms with Gasteiger partial charge in [0.15, 0.2) is 0 Å². The average Bonchev–Trinajstić information content (AvgIpc) is 3.22. The fraction of sp³-hybridized carbons (Fsp3) is 0.350. The minimum atomic E-state index is -1.39. The Kier molecular flexibility index (Phi) is 6.02. The molecule has 2 heterocycles. The van der Waals surface area contributed by atoms with Crippen LogP contribution in [0.25, 0.3) is 21.1 Å². The van der Waals surface area contributed by atoms with Crippen LogP contribution in [0.5, 0.6) is 5.75 Å². The molecule has 9 heteroatoms. The first-order valence-electron chi connectivity index (χ1n) is 8.94. The summed E-state index contributed by atoms with van der Waals surface area (Å²) in [4.78, 5) is 21.0. The summed E-state index contributed by atoms with van der Waals surface area (Å²) in [6.07, 6.45) is 0. The quantitative estimate of drug-likeness (QED) is 0.509. The number of aromatic nitrogens is 2. The number of phenols is 1. The van der Waals surface area contributed by atoms with E-state index in [-0.39, 0.29) is 11.0 Å². The molecule has 2 aromatic heterocycles. The molecule has 0 aliphatic rings. The van der Waals surface area contributed by atoms with Gasteiger partial charge in [-0.2, -0.15) is 0 Å². The number of hydrogen-bond acceptors (Lipinski definition) is 7. The van der Waals surface area contributed by atoms with E-state index >= 15 is 0 Å². The Morgan fingerprint density at radius 1 is 1.28 bits per heavy atom. The summed E-state index contributed by atoms with van der Waals surface area (Å²) >= 11 is 2.76. The van der Waals surface area contributed by atoms with Crippen LogP contribution in [0.15, 0.2) is 17.5 Å². The van der Waals surface area contributed by atoms with Crippen LogP contribution in [0.1, 0.15) is 41.8 Å². The number of benzene rings is 1. The van der Waals surface area contributed by atoms with Crippen molar-refractivity contribution in [1.29, 1.82) is 0 Å². The summed E-state index contributed by atoms with van der Waals surface area (Å²) in [6.45, 7) is 9.93. The van der Waals surface area contributed by atoms with E-state index in [0.29, 0.717) is 17.2 Å². The van der Waals surface area contributed by atoms with Gasteiger partial charge in [0.25, 0.3) is 0 Å². The van der Waals surface area contributed by atoms with Gasteiger partial charge >= 0.3 is 5.97 Å². The lowest BCUT2D eigenvalue weighted by Crippen LogP contribution is -2.26. The zero-order chi connectivity index (χ0) is 21.3. The smallest absolute Gasteiger partial charge is 0.339 e. The van der Waals surface area contributed by atoms with Crippen LogP contribution in [0, 0.1) is 18.2 Å². The summed E-state index contributed by atoms with van der Waals surface area (Å²) in [5.74, 6) is -2.62. The first-order chi connectivity index (χ1) is 13.5. The maximum absolute atomic E-state index is 14.4. The first-order valence-corrected chi connectivity index (χ1v) is 10.6. The van der Waals surface area contributed by atoms with E-state index < -0.39 is 23.1 Å². The Morgan fingerprint density at radius 3 is 2.66 bits per heavy atom. The van der Waals surface area contributed by atoms with Crippen molar-refractivity contribution in [3.8, 4) is 26.9 Å². The third kappa shape index (κ3) is 4.98. The second kappa shape index (κ2) is 8.17. The molecule has 3 N–H and O–H groups in total. The SMILES string of the molecule is Cc1nc(CNCC(C)(C)C)sc1-c1csc(-c2cc(O)c(C(=O)O)cc2F)n1. The van der Waals surface area contributed by atoms with E-state index in [1.807, 2.05) is 12.3 Å². The van der Waals surface area contributed by atoms with Crippen LogP contribution >= 0.6 is 22.7 Å². The summed E-state index contributed by atoms with van der Waals surface area (Å²) in [5, 5.41) is 25.4. The van der Waals surface area contributed by atoms with E-state index in [1.165, 1.54) is 22.7 Å². The molecular weight excluding hydrogens is 413 g/mol. The highest BCUT2D eigenvalue weighted by Gasteiger charge is 2.19.